The number of allylic oxidation sites excluding steroid dienone is 1. The van der Waals surface area contributed by atoms with Crippen LogP contribution < -0.4 is 10.6 Å². The standard InChI is InChI=1S/C25H28N4O/c26-15-21(17-28-22-10-11-22)24-13-14-27-16-20(24)7-12-25(30)29-23-8-5-19(6-9-23)4-3-18-1-2-18/h5-9,12-18,22,26,28H,1-4,10-11H2,(H,29,30)/b12-7+,21-17+,26-15?. The van der Waals surface area contributed by atoms with E-state index in [0.29, 0.717) is 6.04 Å². The van der Waals surface area contributed by atoms with Gasteiger partial charge in [0, 0.05) is 53.8 Å². The van der Waals surface area contributed by atoms with E-state index in [0.717, 1.165) is 34.7 Å². The van der Waals surface area contributed by atoms with Gasteiger partial charge in [0.15, 0.2) is 0 Å². The Morgan fingerprint density at radius 3 is 2.63 bits per heavy atom. The number of nitrogens with zero attached hydrogens (tertiary/aromatic N) is 1. The molecule has 1 heterocycles. The van der Waals surface area contributed by atoms with Crippen molar-refractivity contribution in [1.29, 1.82) is 5.41 Å². The van der Waals surface area contributed by atoms with E-state index in [-0.39, 0.29) is 5.91 Å². The van der Waals surface area contributed by atoms with Crippen molar-refractivity contribution in [2.24, 2.45) is 5.92 Å². The third-order valence-electron chi connectivity index (χ3n) is 5.54. The molecule has 154 valence electrons. The van der Waals surface area contributed by atoms with Crippen LogP contribution in [0.25, 0.3) is 11.6 Å². The molecule has 30 heavy (non-hydrogen) atoms. The van der Waals surface area contributed by atoms with E-state index >= 15 is 0 Å². The first-order valence-corrected chi connectivity index (χ1v) is 10.7. The van der Waals surface area contributed by atoms with E-state index in [1.165, 1.54) is 50.0 Å². The minimum absolute atomic E-state index is 0.188. The zero-order chi connectivity index (χ0) is 20.8. The molecule has 2 aliphatic carbocycles. The van der Waals surface area contributed by atoms with Crippen molar-refractivity contribution in [3.05, 3.63) is 71.7 Å². The molecule has 2 aromatic rings. The summed E-state index contributed by atoms with van der Waals surface area (Å²) in [6, 6.07) is 10.5. The van der Waals surface area contributed by atoms with E-state index in [2.05, 4.69) is 27.8 Å². The maximum absolute atomic E-state index is 12.4. The molecule has 2 saturated carbocycles. The summed E-state index contributed by atoms with van der Waals surface area (Å²) in [7, 11) is 0. The lowest BCUT2D eigenvalue weighted by atomic mass is 10.0. The Labute approximate surface area is 177 Å². The first-order chi connectivity index (χ1) is 14.7. The molecule has 0 unspecified atom stereocenters. The zero-order valence-corrected chi connectivity index (χ0v) is 17.1. The van der Waals surface area contributed by atoms with E-state index in [1.54, 1.807) is 18.5 Å². The third kappa shape index (κ3) is 5.89. The fourth-order valence-corrected chi connectivity index (χ4v) is 3.34. The number of anilines is 1. The van der Waals surface area contributed by atoms with Crippen LogP contribution >= 0.6 is 0 Å². The van der Waals surface area contributed by atoms with E-state index in [9.17, 15) is 4.79 Å². The largest absolute Gasteiger partial charge is 0.388 e. The Morgan fingerprint density at radius 1 is 1.13 bits per heavy atom. The van der Waals surface area contributed by atoms with Crippen LogP contribution in [-0.4, -0.2) is 23.1 Å². The molecule has 0 bridgehead atoms. The van der Waals surface area contributed by atoms with Gasteiger partial charge in [-0.3, -0.25) is 9.78 Å². The van der Waals surface area contributed by atoms with Crippen LogP contribution in [0, 0.1) is 11.3 Å². The lowest BCUT2D eigenvalue weighted by Gasteiger charge is -2.07. The normalized spacial score (nSPS) is 16.5. The van der Waals surface area contributed by atoms with Crippen molar-refractivity contribution in [3.63, 3.8) is 0 Å². The second-order valence-corrected chi connectivity index (χ2v) is 8.15. The Bertz CT molecular complexity index is 953. The maximum atomic E-state index is 12.4. The van der Waals surface area contributed by atoms with Crippen LogP contribution in [0.3, 0.4) is 0 Å². The average molecular weight is 401 g/mol. The Balaban J connectivity index is 1.37. The first-order valence-electron chi connectivity index (χ1n) is 10.7. The first kappa shape index (κ1) is 20.1. The molecule has 4 rings (SSSR count). The van der Waals surface area contributed by atoms with Crippen LogP contribution in [0.5, 0.6) is 0 Å². The number of carbonyl (C=O) groups is 1. The number of nitrogens with one attached hydrogen (secondary N) is 3. The number of amides is 1. The summed E-state index contributed by atoms with van der Waals surface area (Å²) in [5.41, 5.74) is 4.56. The van der Waals surface area contributed by atoms with Crippen molar-refractivity contribution in [3.8, 4) is 0 Å². The van der Waals surface area contributed by atoms with Crippen molar-refractivity contribution in [2.45, 2.75) is 44.6 Å². The zero-order valence-electron chi connectivity index (χ0n) is 17.1. The van der Waals surface area contributed by atoms with Gasteiger partial charge in [-0.25, -0.2) is 0 Å². The third-order valence-corrected chi connectivity index (χ3v) is 5.54. The van der Waals surface area contributed by atoms with E-state index in [4.69, 9.17) is 5.41 Å². The van der Waals surface area contributed by atoms with Crippen molar-refractivity contribution in [1.82, 2.24) is 10.3 Å². The quantitative estimate of drug-likeness (QED) is 0.395. The van der Waals surface area contributed by atoms with E-state index in [1.807, 2.05) is 24.4 Å². The fourth-order valence-electron chi connectivity index (χ4n) is 3.34. The van der Waals surface area contributed by atoms with Gasteiger partial charge in [-0.2, -0.15) is 0 Å². The second kappa shape index (κ2) is 9.53. The highest BCUT2D eigenvalue weighted by Crippen LogP contribution is 2.33. The molecule has 0 atom stereocenters. The number of aromatic nitrogens is 1. The minimum atomic E-state index is -0.188. The number of benzene rings is 1. The maximum Gasteiger partial charge on any atom is 0.248 e. The number of rotatable bonds is 10. The van der Waals surface area contributed by atoms with Crippen LogP contribution in [0.2, 0.25) is 0 Å². The Morgan fingerprint density at radius 2 is 1.93 bits per heavy atom. The van der Waals surface area contributed by atoms with Crippen LogP contribution in [0.4, 0.5) is 5.69 Å². The molecular weight excluding hydrogens is 372 g/mol. The van der Waals surface area contributed by atoms with Crippen LogP contribution in [0.15, 0.2) is 55.0 Å². The van der Waals surface area contributed by atoms with Crippen molar-refractivity contribution in [2.75, 3.05) is 5.32 Å². The summed E-state index contributed by atoms with van der Waals surface area (Å²) in [5, 5.41) is 14.0. The average Bonchev–Trinajstić information content (AvgIpc) is 3.68. The molecule has 5 nitrogen and oxygen atoms in total. The second-order valence-electron chi connectivity index (χ2n) is 8.15. The summed E-state index contributed by atoms with van der Waals surface area (Å²) in [4.78, 5) is 16.5. The molecule has 0 aliphatic heterocycles. The van der Waals surface area contributed by atoms with Gasteiger partial charge in [0.2, 0.25) is 5.91 Å². The predicted molar refractivity (Wildman–Crippen MR) is 122 cm³/mol. The topological polar surface area (TPSA) is 77.9 Å². The molecule has 1 amide bonds. The summed E-state index contributed by atoms with van der Waals surface area (Å²) in [6.07, 6.45) is 17.4. The van der Waals surface area contributed by atoms with Gasteiger partial charge in [0.05, 0.1) is 0 Å². The highest BCUT2D eigenvalue weighted by molar-refractivity contribution is 6.10. The van der Waals surface area contributed by atoms with Gasteiger partial charge < -0.3 is 16.0 Å². The van der Waals surface area contributed by atoms with Crippen LogP contribution in [0.1, 0.15) is 48.8 Å². The fraction of sp³-hybridized carbons (Fsp3) is 0.320. The molecule has 0 spiro atoms. The summed E-state index contributed by atoms with van der Waals surface area (Å²) < 4.78 is 0. The van der Waals surface area contributed by atoms with Crippen molar-refractivity contribution >= 4 is 29.5 Å². The number of hydrogen-bond acceptors (Lipinski definition) is 4. The van der Waals surface area contributed by atoms with Gasteiger partial charge in [0.1, 0.15) is 0 Å². The Kier molecular flexibility index (Phi) is 6.38. The minimum Gasteiger partial charge on any atom is -0.388 e. The summed E-state index contributed by atoms with van der Waals surface area (Å²) in [6.45, 7) is 0. The molecular formula is C25H28N4O. The lowest BCUT2D eigenvalue weighted by molar-refractivity contribution is -0.111. The number of pyridine rings is 1. The monoisotopic (exact) mass is 400 g/mol. The molecule has 2 aliphatic rings. The highest BCUT2D eigenvalue weighted by atomic mass is 16.1. The molecule has 1 aromatic heterocycles. The molecule has 2 fully saturated rings. The molecule has 3 N–H and O–H groups in total. The number of aryl methyl sites for hydroxylation is 1. The molecule has 5 heteroatoms. The summed E-state index contributed by atoms with van der Waals surface area (Å²) >= 11 is 0. The number of carbonyl (C=O) groups excluding carboxylic acids is 1. The SMILES string of the molecule is N=C/C(=C\NC1CC1)c1ccncc1/C=C/C(=O)Nc1ccc(CCC2CC2)cc1. The number of hydrogen-bond donors (Lipinski definition) is 3. The van der Waals surface area contributed by atoms with Gasteiger partial charge >= 0.3 is 0 Å². The van der Waals surface area contributed by atoms with Gasteiger partial charge in [0.25, 0.3) is 0 Å². The van der Waals surface area contributed by atoms with Gasteiger partial charge in [-0.05, 0) is 67.0 Å². The van der Waals surface area contributed by atoms with Crippen molar-refractivity contribution < 1.29 is 4.79 Å². The molecule has 1 aromatic carbocycles. The predicted octanol–water partition coefficient (Wildman–Crippen LogP) is 4.82. The molecule has 0 radical (unpaired) electrons. The van der Waals surface area contributed by atoms with Gasteiger partial charge in [-0.15, -0.1) is 0 Å². The van der Waals surface area contributed by atoms with Crippen LogP contribution in [-0.2, 0) is 11.2 Å². The highest BCUT2D eigenvalue weighted by Gasteiger charge is 2.20. The summed E-state index contributed by atoms with van der Waals surface area (Å²) in [5.74, 6) is 0.742. The lowest BCUT2D eigenvalue weighted by Crippen LogP contribution is -2.09. The smallest absolute Gasteiger partial charge is 0.248 e. The van der Waals surface area contributed by atoms with E-state index < -0.39 is 0 Å². The molecule has 0 saturated heterocycles. The van der Waals surface area contributed by atoms with Gasteiger partial charge in [-0.1, -0.05) is 25.0 Å². The Hall–Kier alpha value is -3.21.